The normalized spacial score (nSPS) is 18.5. The molecular weight excluding hydrogens is 318 g/mol. The summed E-state index contributed by atoms with van der Waals surface area (Å²) in [4.78, 5) is 29.7. The molecule has 134 valence electrons. The van der Waals surface area contributed by atoms with E-state index in [4.69, 9.17) is 5.73 Å². The lowest BCUT2D eigenvalue weighted by molar-refractivity contribution is -0.123. The predicted octanol–water partition coefficient (Wildman–Crippen LogP) is 0.463. The molecule has 2 fully saturated rings. The third kappa shape index (κ3) is 4.71. The number of hydrogen-bond donors (Lipinski definition) is 3. The summed E-state index contributed by atoms with van der Waals surface area (Å²) in [6.07, 6.45) is 3.86. The fourth-order valence-corrected chi connectivity index (χ4v) is 2.93. The molecule has 3 rings (SSSR count). The minimum atomic E-state index is -0.119. The highest BCUT2D eigenvalue weighted by Gasteiger charge is 2.22. The van der Waals surface area contributed by atoms with Gasteiger partial charge >= 0.3 is 0 Å². The van der Waals surface area contributed by atoms with Crippen molar-refractivity contribution in [3.8, 4) is 0 Å². The number of rotatable bonds is 5. The van der Waals surface area contributed by atoms with Crippen molar-refractivity contribution >= 4 is 17.8 Å². The van der Waals surface area contributed by atoms with Gasteiger partial charge in [0, 0.05) is 25.2 Å². The number of guanidine groups is 1. The van der Waals surface area contributed by atoms with Gasteiger partial charge in [-0.1, -0.05) is 18.6 Å². The first kappa shape index (κ1) is 17.3. The number of nitrogens with zero attached hydrogens (tertiary/aromatic N) is 2. The highest BCUT2D eigenvalue weighted by molar-refractivity contribution is 5.97. The Morgan fingerprint density at radius 2 is 2.08 bits per heavy atom. The van der Waals surface area contributed by atoms with Crippen LogP contribution in [0.25, 0.3) is 0 Å². The predicted molar refractivity (Wildman–Crippen MR) is 96.0 cm³/mol. The van der Waals surface area contributed by atoms with Crippen LogP contribution in [0.5, 0.6) is 0 Å². The van der Waals surface area contributed by atoms with E-state index in [-0.39, 0.29) is 18.4 Å². The van der Waals surface area contributed by atoms with E-state index < -0.39 is 0 Å². The molecule has 0 aromatic heterocycles. The number of benzene rings is 1. The van der Waals surface area contributed by atoms with Gasteiger partial charge in [-0.2, -0.15) is 0 Å². The van der Waals surface area contributed by atoms with Gasteiger partial charge in [-0.05, 0) is 36.5 Å². The van der Waals surface area contributed by atoms with Gasteiger partial charge < -0.3 is 21.3 Å². The van der Waals surface area contributed by atoms with E-state index in [1.54, 1.807) is 17.0 Å². The van der Waals surface area contributed by atoms with E-state index in [2.05, 4.69) is 15.6 Å². The van der Waals surface area contributed by atoms with E-state index >= 15 is 0 Å². The number of carbonyl (C=O) groups is 2. The fourth-order valence-electron chi connectivity index (χ4n) is 2.93. The van der Waals surface area contributed by atoms with Gasteiger partial charge in [-0.25, -0.2) is 4.99 Å². The lowest BCUT2D eigenvalue weighted by Crippen LogP contribution is -2.49. The molecule has 7 nitrogen and oxygen atoms in total. The van der Waals surface area contributed by atoms with Gasteiger partial charge in [0.15, 0.2) is 5.96 Å². The molecule has 0 radical (unpaired) electrons. The molecule has 0 unspecified atom stereocenters. The number of nitrogens with one attached hydrogen (secondary N) is 2. The highest BCUT2D eigenvalue weighted by atomic mass is 16.2. The molecule has 2 aliphatic rings. The monoisotopic (exact) mass is 343 g/mol. The first-order valence-electron chi connectivity index (χ1n) is 8.80. The second-order valence-electron chi connectivity index (χ2n) is 6.65. The zero-order valence-corrected chi connectivity index (χ0v) is 14.3. The zero-order valence-electron chi connectivity index (χ0n) is 14.3. The zero-order chi connectivity index (χ0) is 17.6. The molecule has 7 heteroatoms. The lowest BCUT2D eigenvalue weighted by atomic mass is 9.85. The summed E-state index contributed by atoms with van der Waals surface area (Å²) >= 11 is 0. The van der Waals surface area contributed by atoms with Crippen LogP contribution in [-0.4, -0.2) is 48.9 Å². The fraction of sp³-hybridized carbons (Fsp3) is 0.500. The molecule has 4 N–H and O–H groups in total. The minimum absolute atomic E-state index is 0.115. The summed E-state index contributed by atoms with van der Waals surface area (Å²) in [5.41, 5.74) is 7.45. The molecule has 2 amide bonds. The summed E-state index contributed by atoms with van der Waals surface area (Å²) in [5, 5.41) is 5.87. The Bertz CT molecular complexity index is 652. The molecule has 0 atom stereocenters. The number of nitrogens with two attached hydrogens (primary N) is 1. The van der Waals surface area contributed by atoms with Crippen LogP contribution >= 0.6 is 0 Å². The largest absolute Gasteiger partial charge is 0.370 e. The number of amides is 2. The van der Waals surface area contributed by atoms with E-state index in [0.717, 1.165) is 18.0 Å². The van der Waals surface area contributed by atoms with Crippen molar-refractivity contribution < 1.29 is 9.59 Å². The third-order valence-electron chi connectivity index (χ3n) is 4.76. The SMILES string of the molecule is NC(=NCc1ccc(C(=O)N2CCNC(=O)C2)cc1)NCC1CCC1. The smallest absolute Gasteiger partial charge is 0.254 e. The van der Waals surface area contributed by atoms with Crippen molar-refractivity contribution in [1.82, 2.24) is 15.5 Å². The Balaban J connectivity index is 1.50. The van der Waals surface area contributed by atoms with E-state index in [1.807, 2.05) is 12.1 Å². The lowest BCUT2D eigenvalue weighted by Gasteiger charge is -2.26. The average Bonchev–Trinajstić information content (AvgIpc) is 2.58. The molecule has 1 saturated heterocycles. The first-order valence-corrected chi connectivity index (χ1v) is 8.80. The van der Waals surface area contributed by atoms with Crippen molar-refractivity contribution in [2.24, 2.45) is 16.6 Å². The van der Waals surface area contributed by atoms with Gasteiger partial charge in [0.1, 0.15) is 0 Å². The quantitative estimate of drug-likeness (QED) is 0.534. The molecule has 1 saturated carbocycles. The van der Waals surface area contributed by atoms with E-state index in [0.29, 0.717) is 31.2 Å². The topological polar surface area (TPSA) is 99.8 Å². The molecule has 0 spiro atoms. The second kappa shape index (κ2) is 8.00. The molecule has 1 aliphatic carbocycles. The number of carbonyl (C=O) groups excluding carboxylic acids is 2. The molecular formula is C18H25N5O2. The average molecular weight is 343 g/mol. The van der Waals surface area contributed by atoms with Crippen LogP contribution in [0.1, 0.15) is 35.2 Å². The van der Waals surface area contributed by atoms with Crippen molar-refractivity contribution in [2.75, 3.05) is 26.2 Å². The third-order valence-corrected chi connectivity index (χ3v) is 4.76. The van der Waals surface area contributed by atoms with Gasteiger partial charge in [0.2, 0.25) is 5.91 Å². The summed E-state index contributed by atoms with van der Waals surface area (Å²) in [6, 6.07) is 7.30. The van der Waals surface area contributed by atoms with Crippen molar-refractivity contribution in [1.29, 1.82) is 0 Å². The van der Waals surface area contributed by atoms with Gasteiger partial charge in [0.05, 0.1) is 13.1 Å². The summed E-state index contributed by atoms with van der Waals surface area (Å²) in [5.74, 6) is 0.962. The minimum Gasteiger partial charge on any atom is -0.370 e. The molecule has 1 aliphatic heterocycles. The van der Waals surface area contributed by atoms with Crippen LogP contribution in [0.4, 0.5) is 0 Å². The number of hydrogen-bond acceptors (Lipinski definition) is 3. The van der Waals surface area contributed by atoms with Crippen LogP contribution < -0.4 is 16.4 Å². The van der Waals surface area contributed by atoms with Gasteiger partial charge in [-0.3, -0.25) is 9.59 Å². The van der Waals surface area contributed by atoms with Crippen LogP contribution in [0.3, 0.4) is 0 Å². The Kier molecular flexibility index (Phi) is 5.53. The van der Waals surface area contributed by atoms with Crippen LogP contribution in [-0.2, 0) is 11.3 Å². The molecule has 1 heterocycles. The van der Waals surface area contributed by atoms with Crippen molar-refractivity contribution in [3.63, 3.8) is 0 Å². The maximum atomic E-state index is 12.4. The first-order chi connectivity index (χ1) is 12.1. The van der Waals surface area contributed by atoms with Crippen molar-refractivity contribution in [3.05, 3.63) is 35.4 Å². The molecule has 0 bridgehead atoms. The Hall–Kier alpha value is -2.57. The molecule has 25 heavy (non-hydrogen) atoms. The van der Waals surface area contributed by atoms with Crippen LogP contribution in [0.15, 0.2) is 29.3 Å². The van der Waals surface area contributed by atoms with Crippen LogP contribution in [0.2, 0.25) is 0 Å². The Morgan fingerprint density at radius 3 is 2.72 bits per heavy atom. The summed E-state index contributed by atoms with van der Waals surface area (Å²) in [6.45, 7) is 2.54. The summed E-state index contributed by atoms with van der Waals surface area (Å²) in [7, 11) is 0. The van der Waals surface area contributed by atoms with Gasteiger partial charge in [0.25, 0.3) is 5.91 Å². The Labute approximate surface area is 147 Å². The standard InChI is InChI=1S/C18H25N5O2/c19-18(21-10-13-2-1-3-13)22-11-14-4-6-15(7-5-14)17(25)23-9-8-20-16(24)12-23/h4-7,13H,1-3,8-12H2,(H,20,24)(H3,19,21,22). The highest BCUT2D eigenvalue weighted by Crippen LogP contribution is 2.24. The maximum Gasteiger partial charge on any atom is 0.254 e. The number of aliphatic imine (C=N–C) groups is 1. The second-order valence-corrected chi connectivity index (χ2v) is 6.65. The van der Waals surface area contributed by atoms with Crippen molar-refractivity contribution in [2.45, 2.75) is 25.8 Å². The van der Waals surface area contributed by atoms with Gasteiger partial charge in [-0.15, -0.1) is 0 Å². The molecule has 1 aromatic rings. The maximum absolute atomic E-state index is 12.4. The number of piperazine rings is 1. The van der Waals surface area contributed by atoms with E-state index in [9.17, 15) is 9.59 Å². The Morgan fingerprint density at radius 1 is 1.32 bits per heavy atom. The summed E-state index contributed by atoms with van der Waals surface area (Å²) < 4.78 is 0. The molecule has 1 aromatic carbocycles. The van der Waals surface area contributed by atoms with Crippen LogP contribution in [0, 0.1) is 5.92 Å². The van der Waals surface area contributed by atoms with E-state index in [1.165, 1.54) is 19.3 Å².